The maximum Gasteiger partial charge on any atom is 0.170 e. The van der Waals surface area contributed by atoms with Gasteiger partial charge < -0.3 is 9.99 Å². The molecule has 0 saturated heterocycles. The third-order valence-electron chi connectivity index (χ3n) is 1.48. The fourth-order valence-corrected chi connectivity index (χ4v) is 0.921. The van der Waals surface area contributed by atoms with Gasteiger partial charge in [0.05, 0.1) is 6.61 Å². The second-order valence-electron chi connectivity index (χ2n) is 2.36. The van der Waals surface area contributed by atoms with E-state index >= 15 is 0 Å². The van der Waals surface area contributed by atoms with Gasteiger partial charge in [0.25, 0.3) is 0 Å². The summed E-state index contributed by atoms with van der Waals surface area (Å²) in [5.74, 6) is 0.304. The summed E-state index contributed by atoms with van der Waals surface area (Å²) in [6.07, 6.45) is 0. The molecule has 0 amide bonds. The van der Waals surface area contributed by atoms with Gasteiger partial charge >= 0.3 is 0 Å². The molecule has 0 aliphatic heterocycles. The lowest BCUT2D eigenvalue weighted by Crippen LogP contribution is -1.92. The van der Waals surface area contributed by atoms with Gasteiger partial charge in [0.15, 0.2) is 5.75 Å². The van der Waals surface area contributed by atoms with Crippen LogP contribution in [0.2, 0.25) is 0 Å². The Hall–Kier alpha value is -1.06. The predicted octanol–water partition coefficient (Wildman–Crippen LogP) is 2.37. The Labute approximate surface area is 78.5 Å². The lowest BCUT2D eigenvalue weighted by Gasteiger charge is -2.03. The summed E-state index contributed by atoms with van der Waals surface area (Å²) >= 11 is 0. The number of rotatable bonds is 2. The molecule has 2 N–H and O–H groups in total. The number of aliphatic hydroxyl groups is 1. The molecule has 3 heteroatoms. The maximum absolute atomic E-state index is 8.78. The fraction of sp³-hybridized carbons (Fsp3) is 0.400. The summed E-state index contributed by atoms with van der Waals surface area (Å²) in [4.78, 5) is 4.03. The third-order valence-corrected chi connectivity index (χ3v) is 1.48. The highest BCUT2D eigenvalue weighted by atomic mass is 17.1. The van der Waals surface area contributed by atoms with Crippen LogP contribution >= 0.6 is 0 Å². The SMILES string of the molecule is CC.Cc1ccc(OO)c(CO)c1. The first kappa shape index (κ1) is 11.9. The van der Waals surface area contributed by atoms with Crippen molar-refractivity contribution in [2.24, 2.45) is 0 Å². The van der Waals surface area contributed by atoms with Crippen molar-refractivity contribution in [3.05, 3.63) is 29.3 Å². The molecule has 0 fully saturated rings. The van der Waals surface area contributed by atoms with Crippen molar-refractivity contribution in [2.45, 2.75) is 27.4 Å². The highest BCUT2D eigenvalue weighted by Crippen LogP contribution is 2.18. The predicted molar refractivity (Wildman–Crippen MR) is 51.7 cm³/mol. The molecule has 1 rings (SSSR count). The quantitative estimate of drug-likeness (QED) is 0.548. The summed E-state index contributed by atoms with van der Waals surface area (Å²) in [5.41, 5.74) is 1.61. The zero-order valence-electron chi connectivity index (χ0n) is 8.24. The van der Waals surface area contributed by atoms with Crippen LogP contribution in [0.3, 0.4) is 0 Å². The van der Waals surface area contributed by atoms with Crippen LogP contribution in [-0.2, 0) is 6.61 Å². The molecule has 0 saturated carbocycles. The first-order valence-corrected chi connectivity index (χ1v) is 4.29. The van der Waals surface area contributed by atoms with Gasteiger partial charge in [0.1, 0.15) is 0 Å². The highest BCUT2D eigenvalue weighted by Gasteiger charge is 2.01. The number of hydrogen-bond donors (Lipinski definition) is 2. The Bertz CT molecular complexity index is 246. The summed E-state index contributed by atoms with van der Waals surface area (Å²) < 4.78 is 0. The van der Waals surface area contributed by atoms with Gasteiger partial charge in [-0.1, -0.05) is 25.5 Å². The van der Waals surface area contributed by atoms with E-state index in [9.17, 15) is 0 Å². The number of aryl methyl sites for hydroxylation is 1. The van der Waals surface area contributed by atoms with Crippen LogP contribution < -0.4 is 4.89 Å². The van der Waals surface area contributed by atoms with Crippen molar-refractivity contribution >= 4 is 0 Å². The van der Waals surface area contributed by atoms with E-state index in [1.165, 1.54) is 0 Å². The summed E-state index contributed by atoms with van der Waals surface area (Å²) in [7, 11) is 0. The Morgan fingerprint density at radius 1 is 1.31 bits per heavy atom. The van der Waals surface area contributed by atoms with Crippen molar-refractivity contribution in [3.8, 4) is 5.75 Å². The van der Waals surface area contributed by atoms with Crippen molar-refractivity contribution in [1.82, 2.24) is 0 Å². The van der Waals surface area contributed by atoms with Crippen molar-refractivity contribution < 1.29 is 15.3 Å². The summed E-state index contributed by atoms with van der Waals surface area (Å²) in [5, 5.41) is 17.1. The van der Waals surface area contributed by atoms with Gasteiger partial charge in [0, 0.05) is 5.56 Å². The number of hydrogen-bond acceptors (Lipinski definition) is 3. The van der Waals surface area contributed by atoms with Crippen LogP contribution in [-0.4, -0.2) is 10.4 Å². The highest BCUT2D eigenvalue weighted by molar-refractivity contribution is 5.35. The van der Waals surface area contributed by atoms with Crippen LogP contribution in [0.5, 0.6) is 5.75 Å². The second-order valence-corrected chi connectivity index (χ2v) is 2.36. The molecule has 0 radical (unpaired) electrons. The third kappa shape index (κ3) is 3.44. The van der Waals surface area contributed by atoms with Gasteiger partial charge in [0.2, 0.25) is 0 Å². The minimum absolute atomic E-state index is 0.127. The Kier molecular flexibility index (Phi) is 5.93. The van der Waals surface area contributed by atoms with Crippen LogP contribution in [0.1, 0.15) is 25.0 Å². The van der Waals surface area contributed by atoms with Crippen LogP contribution in [0.15, 0.2) is 18.2 Å². The van der Waals surface area contributed by atoms with Crippen molar-refractivity contribution in [2.75, 3.05) is 0 Å². The summed E-state index contributed by atoms with van der Waals surface area (Å²) in [6, 6.07) is 5.16. The van der Waals surface area contributed by atoms with Crippen LogP contribution in [0, 0.1) is 6.92 Å². The Morgan fingerprint density at radius 2 is 1.92 bits per heavy atom. The monoisotopic (exact) mass is 184 g/mol. The van der Waals surface area contributed by atoms with Crippen molar-refractivity contribution in [3.63, 3.8) is 0 Å². The molecule has 0 bridgehead atoms. The molecule has 0 aliphatic carbocycles. The van der Waals surface area contributed by atoms with Gasteiger partial charge in [-0.25, -0.2) is 5.26 Å². The van der Waals surface area contributed by atoms with E-state index in [0.717, 1.165) is 5.56 Å². The zero-order chi connectivity index (χ0) is 10.3. The Balaban J connectivity index is 0.000000671. The molecule has 3 nitrogen and oxygen atoms in total. The molecule has 1 aromatic carbocycles. The minimum atomic E-state index is -0.127. The molecule has 0 atom stereocenters. The Morgan fingerprint density at radius 3 is 2.38 bits per heavy atom. The van der Waals surface area contributed by atoms with Gasteiger partial charge in [-0.3, -0.25) is 0 Å². The molecule has 13 heavy (non-hydrogen) atoms. The molecule has 0 aromatic heterocycles. The van der Waals surface area contributed by atoms with Crippen LogP contribution in [0.25, 0.3) is 0 Å². The van der Waals surface area contributed by atoms with E-state index in [1.807, 2.05) is 20.8 Å². The average Bonchev–Trinajstić information content (AvgIpc) is 2.20. The topological polar surface area (TPSA) is 49.7 Å². The second kappa shape index (κ2) is 6.46. The number of aliphatic hydroxyl groups excluding tert-OH is 1. The first-order chi connectivity index (χ1) is 6.27. The van der Waals surface area contributed by atoms with E-state index < -0.39 is 0 Å². The molecule has 0 aliphatic rings. The smallest absolute Gasteiger partial charge is 0.170 e. The zero-order valence-corrected chi connectivity index (χ0v) is 8.24. The van der Waals surface area contributed by atoms with E-state index in [1.54, 1.807) is 18.2 Å². The van der Waals surface area contributed by atoms with Gasteiger partial charge in [-0.05, 0) is 19.1 Å². The molecular formula is C10H16O3. The summed E-state index contributed by atoms with van der Waals surface area (Å²) in [6.45, 7) is 5.78. The molecule has 0 unspecified atom stereocenters. The normalized spacial score (nSPS) is 8.69. The molecule has 0 spiro atoms. The van der Waals surface area contributed by atoms with E-state index in [2.05, 4.69) is 4.89 Å². The molecule has 0 heterocycles. The lowest BCUT2D eigenvalue weighted by molar-refractivity contribution is -0.138. The minimum Gasteiger partial charge on any atom is -0.392 e. The van der Waals surface area contributed by atoms with E-state index in [-0.39, 0.29) is 6.61 Å². The average molecular weight is 184 g/mol. The molecule has 1 aromatic rings. The standard InChI is InChI=1S/C8H10O3.C2H6/c1-6-2-3-8(11-10)7(4-6)5-9;1-2/h2-4,9-10H,5H2,1H3;1-2H3. The molecular weight excluding hydrogens is 168 g/mol. The lowest BCUT2D eigenvalue weighted by atomic mass is 10.1. The van der Waals surface area contributed by atoms with Gasteiger partial charge in [-0.15, -0.1) is 0 Å². The fourth-order valence-electron chi connectivity index (χ4n) is 0.921. The van der Waals surface area contributed by atoms with Crippen LogP contribution in [0.4, 0.5) is 0 Å². The first-order valence-electron chi connectivity index (χ1n) is 4.29. The number of benzene rings is 1. The molecule has 74 valence electrons. The van der Waals surface area contributed by atoms with E-state index in [0.29, 0.717) is 11.3 Å². The van der Waals surface area contributed by atoms with E-state index in [4.69, 9.17) is 10.4 Å². The van der Waals surface area contributed by atoms with Crippen molar-refractivity contribution in [1.29, 1.82) is 0 Å². The maximum atomic E-state index is 8.78. The largest absolute Gasteiger partial charge is 0.392 e. The van der Waals surface area contributed by atoms with Gasteiger partial charge in [-0.2, -0.15) is 0 Å².